The monoisotopic (exact) mass is 313 g/mol. The quantitative estimate of drug-likeness (QED) is 0.434. The van der Waals surface area contributed by atoms with Crippen molar-refractivity contribution in [3.63, 3.8) is 0 Å². The number of rotatable bonds is 1. The molecule has 0 saturated heterocycles. The van der Waals surface area contributed by atoms with E-state index in [9.17, 15) is 0 Å². The highest BCUT2D eigenvalue weighted by atomic mass is 32.1. The molecule has 3 heterocycles. The number of hydrogen-bond acceptors (Lipinski definition) is 4. The number of benzene rings is 2. The lowest BCUT2D eigenvalue weighted by molar-refractivity contribution is 1.23. The molecule has 0 N–H and O–H groups in total. The van der Waals surface area contributed by atoms with Gasteiger partial charge in [0.1, 0.15) is 6.33 Å². The maximum atomic E-state index is 4.60. The Kier molecular flexibility index (Phi) is 2.66. The van der Waals surface area contributed by atoms with E-state index in [0.29, 0.717) is 0 Å². The van der Waals surface area contributed by atoms with Gasteiger partial charge in [-0.05, 0) is 24.3 Å². The molecule has 0 atom stereocenters. The number of aromatic nitrogens is 3. The van der Waals surface area contributed by atoms with E-state index >= 15 is 0 Å². The molecule has 23 heavy (non-hydrogen) atoms. The first-order chi connectivity index (χ1) is 11.4. The summed E-state index contributed by atoms with van der Waals surface area (Å²) in [5, 5.41) is 2.25. The van der Waals surface area contributed by atoms with Crippen LogP contribution >= 0.6 is 11.3 Å². The van der Waals surface area contributed by atoms with Crippen molar-refractivity contribution in [3.05, 3.63) is 67.1 Å². The second-order valence-electron chi connectivity index (χ2n) is 5.37. The molecule has 0 aliphatic heterocycles. The average Bonchev–Trinajstić information content (AvgIpc) is 3.00. The third-order valence-corrected chi connectivity index (χ3v) is 5.16. The molecule has 0 saturated carbocycles. The van der Waals surface area contributed by atoms with Gasteiger partial charge in [-0.25, -0.2) is 9.97 Å². The van der Waals surface area contributed by atoms with Crippen LogP contribution in [-0.4, -0.2) is 15.0 Å². The Morgan fingerprint density at radius 1 is 0.739 bits per heavy atom. The zero-order valence-corrected chi connectivity index (χ0v) is 12.9. The second-order valence-corrected chi connectivity index (χ2v) is 6.45. The fourth-order valence-corrected chi connectivity index (χ4v) is 4.15. The van der Waals surface area contributed by atoms with Gasteiger partial charge in [-0.15, -0.1) is 11.3 Å². The molecule has 0 amide bonds. The molecule has 0 unspecified atom stereocenters. The van der Waals surface area contributed by atoms with E-state index in [1.807, 2.05) is 30.5 Å². The van der Waals surface area contributed by atoms with Gasteiger partial charge in [-0.3, -0.25) is 4.98 Å². The number of thiophene rings is 1. The summed E-state index contributed by atoms with van der Waals surface area (Å²) in [6.07, 6.45) is 3.49. The van der Waals surface area contributed by atoms with Gasteiger partial charge in [0, 0.05) is 27.2 Å². The normalized spacial score (nSPS) is 11.5. The van der Waals surface area contributed by atoms with Crippen LogP contribution in [0.1, 0.15) is 0 Å². The van der Waals surface area contributed by atoms with Crippen molar-refractivity contribution in [2.24, 2.45) is 0 Å². The van der Waals surface area contributed by atoms with Gasteiger partial charge in [0.15, 0.2) is 0 Å². The summed E-state index contributed by atoms with van der Waals surface area (Å²) in [5.74, 6) is 0. The minimum absolute atomic E-state index is 0.960. The van der Waals surface area contributed by atoms with Crippen LogP contribution in [-0.2, 0) is 0 Å². The van der Waals surface area contributed by atoms with Crippen LogP contribution in [0.3, 0.4) is 0 Å². The van der Waals surface area contributed by atoms with E-state index in [1.165, 1.54) is 14.8 Å². The van der Waals surface area contributed by atoms with Crippen molar-refractivity contribution in [2.45, 2.75) is 0 Å². The van der Waals surface area contributed by atoms with Gasteiger partial charge in [-0.2, -0.15) is 0 Å². The Labute approximate surface area is 136 Å². The van der Waals surface area contributed by atoms with Gasteiger partial charge in [0.2, 0.25) is 0 Å². The predicted octanol–water partition coefficient (Wildman–Crippen LogP) is 5.06. The SMILES string of the molecule is c1ccc2c(-c3cccc4sc5cccnc5c34)ncnc2c1. The van der Waals surface area contributed by atoms with Crippen LogP contribution in [0.25, 0.3) is 42.5 Å². The molecule has 0 spiro atoms. The molecule has 108 valence electrons. The Morgan fingerprint density at radius 2 is 1.65 bits per heavy atom. The lowest BCUT2D eigenvalue weighted by Crippen LogP contribution is -1.89. The molecule has 3 nitrogen and oxygen atoms in total. The molecule has 0 radical (unpaired) electrons. The molecular formula is C19H11N3S. The molecule has 0 bridgehead atoms. The summed E-state index contributed by atoms with van der Waals surface area (Å²) in [6, 6.07) is 18.6. The number of nitrogens with zero attached hydrogens (tertiary/aromatic N) is 3. The maximum absolute atomic E-state index is 4.60. The zero-order valence-electron chi connectivity index (χ0n) is 12.1. The minimum Gasteiger partial charge on any atom is -0.255 e. The summed E-state index contributed by atoms with van der Waals surface area (Å²) < 4.78 is 2.44. The molecule has 2 aromatic carbocycles. The smallest absolute Gasteiger partial charge is 0.116 e. The third-order valence-electron chi connectivity index (χ3n) is 4.05. The molecule has 0 aliphatic rings. The first-order valence-corrected chi connectivity index (χ1v) is 8.20. The van der Waals surface area contributed by atoms with Crippen molar-refractivity contribution in [1.82, 2.24) is 15.0 Å². The van der Waals surface area contributed by atoms with Gasteiger partial charge in [0.05, 0.1) is 21.4 Å². The summed E-state index contributed by atoms with van der Waals surface area (Å²) in [7, 11) is 0. The van der Waals surface area contributed by atoms with E-state index in [1.54, 1.807) is 17.7 Å². The fourth-order valence-electron chi connectivity index (χ4n) is 3.06. The largest absolute Gasteiger partial charge is 0.255 e. The summed E-state index contributed by atoms with van der Waals surface area (Å²) in [4.78, 5) is 13.6. The van der Waals surface area contributed by atoms with E-state index in [0.717, 1.165) is 27.7 Å². The predicted molar refractivity (Wildman–Crippen MR) is 95.7 cm³/mol. The Hall–Kier alpha value is -2.85. The molecule has 0 fully saturated rings. The standard InChI is InChI=1S/C19H11N3S/c1-2-7-14-12(5-1)18(22-11-21-14)13-6-3-8-15-17(13)19-16(23-15)9-4-10-20-19/h1-11H. The van der Waals surface area contributed by atoms with Crippen molar-refractivity contribution >= 4 is 42.5 Å². The Balaban J connectivity index is 1.96. The molecular weight excluding hydrogens is 302 g/mol. The summed E-state index contributed by atoms with van der Waals surface area (Å²) >= 11 is 1.77. The highest BCUT2D eigenvalue weighted by Gasteiger charge is 2.14. The van der Waals surface area contributed by atoms with Crippen LogP contribution in [0.2, 0.25) is 0 Å². The number of fused-ring (bicyclic) bond motifs is 4. The van der Waals surface area contributed by atoms with Crippen LogP contribution in [0, 0.1) is 0 Å². The highest BCUT2D eigenvalue weighted by molar-refractivity contribution is 7.25. The summed E-state index contributed by atoms with van der Waals surface area (Å²) in [6.45, 7) is 0. The maximum Gasteiger partial charge on any atom is 0.116 e. The van der Waals surface area contributed by atoms with Gasteiger partial charge in [-0.1, -0.05) is 30.3 Å². The highest BCUT2D eigenvalue weighted by Crippen LogP contribution is 2.39. The number of para-hydroxylation sites is 1. The topological polar surface area (TPSA) is 38.7 Å². The lowest BCUT2D eigenvalue weighted by atomic mass is 10.0. The van der Waals surface area contributed by atoms with Crippen molar-refractivity contribution in [2.75, 3.05) is 0 Å². The zero-order chi connectivity index (χ0) is 15.2. The van der Waals surface area contributed by atoms with Crippen LogP contribution in [0.4, 0.5) is 0 Å². The van der Waals surface area contributed by atoms with Gasteiger partial charge < -0.3 is 0 Å². The number of pyridine rings is 1. The molecule has 3 aromatic heterocycles. The van der Waals surface area contributed by atoms with E-state index in [-0.39, 0.29) is 0 Å². The average molecular weight is 313 g/mol. The van der Waals surface area contributed by atoms with Gasteiger partial charge >= 0.3 is 0 Å². The first-order valence-electron chi connectivity index (χ1n) is 7.38. The van der Waals surface area contributed by atoms with Crippen molar-refractivity contribution < 1.29 is 0 Å². The molecule has 5 rings (SSSR count). The lowest BCUT2D eigenvalue weighted by Gasteiger charge is -2.06. The van der Waals surface area contributed by atoms with Crippen LogP contribution in [0.5, 0.6) is 0 Å². The van der Waals surface area contributed by atoms with Crippen molar-refractivity contribution in [3.8, 4) is 11.3 Å². The number of hydrogen-bond donors (Lipinski definition) is 0. The van der Waals surface area contributed by atoms with Crippen LogP contribution in [0.15, 0.2) is 67.1 Å². The van der Waals surface area contributed by atoms with Crippen molar-refractivity contribution in [1.29, 1.82) is 0 Å². The summed E-state index contributed by atoms with van der Waals surface area (Å²) in [5.41, 5.74) is 4.09. The Morgan fingerprint density at radius 3 is 2.65 bits per heavy atom. The van der Waals surface area contributed by atoms with E-state index in [2.05, 4.69) is 45.3 Å². The molecule has 0 aliphatic carbocycles. The van der Waals surface area contributed by atoms with E-state index < -0.39 is 0 Å². The molecule has 5 aromatic rings. The first kappa shape index (κ1) is 12.7. The van der Waals surface area contributed by atoms with Gasteiger partial charge in [0.25, 0.3) is 0 Å². The van der Waals surface area contributed by atoms with Crippen LogP contribution < -0.4 is 0 Å². The third kappa shape index (κ3) is 1.85. The minimum atomic E-state index is 0.960. The fraction of sp³-hybridized carbons (Fsp3) is 0. The molecule has 4 heteroatoms. The van der Waals surface area contributed by atoms with E-state index in [4.69, 9.17) is 0 Å². The second kappa shape index (κ2) is 4.83. The Bertz CT molecular complexity index is 1170.